The summed E-state index contributed by atoms with van der Waals surface area (Å²) in [6.45, 7) is 2.30. The summed E-state index contributed by atoms with van der Waals surface area (Å²) in [5, 5.41) is 13.7. The zero-order valence-electron chi connectivity index (χ0n) is 10.2. The second-order valence-corrected chi connectivity index (χ2v) is 5.75. The molecule has 0 unspecified atom stereocenters. The number of rotatable bonds is 6. The Kier molecular flexibility index (Phi) is 5.13. The molecule has 0 heterocycles. The highest BCUT2D eigenvalue weighted by Crippen LogP contribution is 2.19. The molecule has 0 aliphatic heterocycles. The van der Waals surface area contributed by atoms with E-state index in [1.54, 1.807) is 12.1 Å². The number of nitriles is 1. The van der Waals surface area contributed by atoms with Crippen molar-refractivity contribution in [3.63, 3.8) is 0 Å². The number of nitrogens with zero attached hydrogens (tertiary/aromatic N) is 1. The SMILES string of the molecule is Cc1ccc(C#N)cc1OCCCCS(N)(=O)=O. The summed E-state index contributed by atoms with van der Waals surface area (Å²) in [4.78, 5) is 0. The van der Waals surface area contributed by atoms with E-state index < -0.39 is 10.0 Å². The van der Waals surface area contributed by atoms with Gasteiger partial charge in [-0.25, -0.2) is 13.6 Å². The van der Waals surface area contributed by atoms with E-state index in [2.05, 4.69) is 0 Å². The molecule has 18 heavy (non-hydrogen) atoms. The molecule has 0 aromatic heterocycles. The summed E-state index contributed by atoms with van der Waals surface area (Å²) in [6, 6.07) is 7.26. The highest BCUT2D eigenvalue weighted by molar-refractivity contribution is 7.89. The first-order valence-electron chi connectivity index (χ1n) is 5.56. The van der Waals surface area contributed by atoms with Crippen molar-refractivity contribution >= 4 is 10.0 Å². The number of hydrogen-bond acceptors (Lipinski definition) is 4. The number of benzene rings is 1. The smallest absolute Gasteiger partial charge is 0.209 e. The quantitative estimate of drug-likeness (QED) is 0.787. The third-order valence-corrected chi connectivity index (χ3v) is 3.26. The van der Waals surface area contributed by atoms with Gasteiger partial charge >= 0.3 is 0 Å². The Morgan fingerprint density at radius 1 is 1.39 bits per heavy atom. The van der Waals surface area contributed by atoms with E-state index in [-0.39, 0.29) is 5.75 Å². The lowest BCUT2D eigenvalue weighted by Gasteiger charge is -2.09. The third kappa shape index (κ3) is 5.17. The number of aryl methyl sites for hydroxylation is 1. The van der Waals surface area contributed by atoms with Crippen LogP contribution < -0.4 is 9.88 Å². The normalized spacial score (nSPS) is 10.9. The highest BCUT2D eigenvalue weighted by Gasteiger charge is 2.04. The van der Waals surface area contributed by atoms with E-state index in [4.69, 9.17) is 15.1 Å². The molecule has 1 aromatic rings. The van der Waals surface area contributed by atoms with Crippen LogP contribution in [-0.2, 0) is 10.0 Å². The van der Waals surface area contributed by atoms with Crippen LogP contribution in [0.3, 0.4) is 0 Å². The van der Waals surface area contributed by atoms with Crippen LogP contribution >= 0.6 is 0 Å². The zero-order valence-corrected chi connectivity index (χ0v) is 11.0. The maximum atomic E-state index is 10.7. The monoisotopic (exact) mass is 268 g/mol. The molecule has 0 bridgehead atoms. The Labute approximate surface area is 107 Å². The van der Waals surface area contributed by atoms with E-state index in [0.29, 0.717) is 30.8 Å². The predicted octanol–water partition coefficient (Wildman–Crippen LogP) is 1.31. The maximum absolute atomic E-state index is 10.7. The molecule has 0 spiro atoms. The van der Waals surface area contributed by atoms with Crippen LogP contribution in [0.2, 0.25) is 0 Å². The standard InChI is InChI=1S/C12H16N2O3S/c1-10-4-5-11(9-13)8-12(10)17-6-2-3-7-18(14,15)16/h4-5,8H,2-3,6-7H2,1H3,(H2,14,15,16). The molecule has 98 valence electrons. The van der Waals surface area contributed by atoms with Gasteiger partial charge in [-0.3, -0.25) is 0 Å². The topological polar surface area (TPSA) is 93.2 Å². The van der Waals surface area contributed by atoms with Gasteiger partial charge in [-0.05, 0) is 37.5 Å². The summed E-state index contributed by atoms with van der Waals surface area (Å²) in [7, 11) is -3.39. The van der Waals surface area contributed by atoms with Crippen molar-refractivity contribution in [2.75, 3.05) is 12.4 Å². The first-order valence-corrected chi connectivity index (χ1v) is 7.28. The average molecular weight is 268 g/mol. The summed E-state index contributed by atoms with van der Waals surface area (Å²) in [5.74, 6) is 0.623. The lowest BCUT2D eigenvalue weighted by molar-refractivity contribution is 0.307. The van der Waals surface area contributed by atoms with Crippen LogP contribution in [0.15, 0.2) is 18.2 Å². The summed E-state index contributed by atoms with van der Waals surface area (Å²) in [6.07, 6.45) is 1.07. The van der Waals surface area contributed by atoms with Gasteiger partial charge in [0.05, 0.1) is 24.0 Å². The van der Waals surface area contributed by atoms with Gasteiger partial charge in [-0.1, -0.05) is 6.07 Å². The molecule has 1 rings (SSSR count). The van der Waals surface area contributed by atoms with Crippen LogP contribution in [0.25, 0.3) is 0 Å². The number of hydrogen-bond donors (Lipinski definition) is 1. The van der Waals surface area contributed by atoms with E-state index in [0.717, 1.165) is 5.56 Å². The van der Waals surface area contributed by atoms with Crippen molar-refractivity contribution < 1.29 is 13.2 Å². The van der Waals surface area contributed by atoms with E-state index in [1.807, 2.05) is 19.1 Å². The van der Waals surface area contributed by atoms with E-state index >= 15 is 0 Å². The minimum Gasteiger partial charge on any atom is -0.493 e. The number of ether oxygens (including phenoxy) is 1. The molecular formula is C12H16N2O3S. The molecule has 0 aliphatic carbocycles. The van der Waals surface area contributed by atoms with Gasteiger partial charge in [-0.2, -0.15) is 5.26 Å². The van der Waals surface area contributed by atoms with Gasteiger partial charge in [0.1, 0.15) is 5.75 Å². The Morgan fingerprint density at radius 3 is 2.72 bits per heavy atom. The van der Waals surface area contributed by atoms with Crippen LogP contribution in [0, 0.1) is 18.3 Å². The predicted molar refractivity (Wildman–Crippen MR) is 68.6 cm³/mol. The molecule has 0 atom stereocenters. The Morgan fingerprint density at radius 2 is 2.11 bits per heavy atom. The van der Waals surface area contributed by atoms with Crippen molar-refractivity contribution in [1.29, 1.82) is 5.26 Å². The van der Waals surface area contributed by atoms with Crippen molar-refractivity contribution in [2.45, 2.75) is 19.8 Å². The molecule has 0 saturated carbocycles. The van der Waals surface area contributed by atoms with Crippen LogP contribution in [0.1, 0.15) is 24.0 Å². The Bertz CT molecular complexity index is 547. The lowest BCUT2D eigenvalue weighted by atomic mass is 10.1. The maximum Gasteiger partial charge on any atom is 0.209 e. The molecule has 0 aliphatic rings. The van der Waals surface area contributed by atoms with Gasteiger partial charge in [0.15, 0.2) is 0 Å². The van der Waals surface area contributed by atoms with Crippen molar-refractivity contribution in [1.82, 2.24) is 0 Å². The molecule has 0 saturated heterocycles. The molecule has 0 amide bonds. The van der Waals surface area contributed by atoms with E-state index in [9.17, 15) is 8.42 Å². The lowest BCUT2D eigenvalue weighted by Crippen LogP contribution is -2.16. The van der Waals surface area contributed by atoms with Crippen molar-refractivity contribution in [3.8, 4) is 11.8 Å². The van der Waals surface area contributed by atoms with Crippen molar-refractivity contribution in [2.24, 2.45) is 5.14 Å². The molecule has 1 aromatic carbocycles. The van der Waals surface area contributed by atoms with E-state index in [1.165, 1.54) is 0 Å². The Balaban J connectivity index is 2.42. The van der Waals surface area contributed by atoms with Gasteiger partial charge in [0.25, 0.3) is 0 Å². The number of nitrogens with two attached hydrogens (primary N) is 1. The number of primary sulfonamides is 1. The minimum atomic E-state index is -3.39. The molecular weight excluding hydrogens is 252 g/mol. The van der Waals surface area contributed by atoms with Gasteiger partial charge in [-0.15, -0.1) is 0 Å². The fraction of sp³-hybridized carbons (Fsp3) is 0.417. The zero-order chi connectivity index (χ0) is 13.6. The average Bonchev–Trinajstić information content (AvgIpc) is 2.29. The first-order chi connectivity index (χ1) is 8.42. The number of unbranched alkanes of at least 4 members (excludes halogenated alkanes) is 1. The van der Waals surface area contributed by atoms with Gasteiger partial charge in [0.2, 0.25) is 10.0 Å². The van der Waals surface area contributed by atoms with Crippen molar-refractivity contribution in [3.05, 3.63) is 29.3 Å². The second kappa shape index (κ2) is 6.38. The Hall–Kier alpha value is -1.58. The largest absolute Gasteiger partial charge is 0.493 e. The first kappa shape index (κ1) is 14.5. The molecule has 2 N–H and O–H groups in total. The van der Waals surface area contributed by atoms with Crippen LogP contribution in [0.4, 0.5) is 0 Å². The summed E-state index contributed by atoms with van der Waals surface area (Å²) in [5.41, 5.74) is 1.49. The fourth-order valence-corrected chi connectivity index (χ4v) is 2.02. The second-order valence-electron chi connectivity index (χ2n) is 4.01. The third-order valence-electron chi connectivity index (χ3n) is 2.40. The molecule has 0 radical (unpaired) electrons. The fourth-order valence-electron chi connectivity index (χ4n) is 1.41. The molecule has 6 heteroatoms. The minimum absolute atomic E-state index is 0.0341. The molecule has 0 fully saturated rings. The van der Waals surface area contributed by atoms with Crippen LogP contribution in [-0.4, -0.2) is 20.8 Å². The highest BCUT2D eigenvalue weighted by atomic mass is 32.2. The van der Waals surface area contributed by atoms with Crippen LogP contribution in [0.5, 0.6) is 5.75 Å². The summed E-state index contributed by atoms with van der Waals surface area (Å²) < 4.78 is 26.9. The van der Waals surface area contributed by atoms with Gasteiger partial charge < -0.3 is 4.74 Å². The van der Waals surface area contributed by atoms with Gasteiger partial charge in [0, 0.05) is 0 Å². The number of sulfonamides is 1. The summed E-state index contributed by atoms with van der Waals surface area (Å²) >= 11 is 0. The molecule has 5 nitrogen and oxygen atoms in total.